The zero-order valence-corrected chi connectivity index (χ0v) is 14.5. The van der Waals surface area contributed by atoms with Gasteiger partial charge in [-0.1, -0.05) is 0 Å². The molecule has 0 unspecified atom stereocenters. The summed E-state index contributed by atoms with van der Waals surface area (Å²) < 4.78 is 11.2. The van der Waals surface area contributed by atoms with Crippen LogP contribution in [0, 0.1) is 13.8 Å². The van der Waals surface area contributed by atoms with Gasteiger partial charge in [-0.05, 0) is 33.3 Å². The van der Waals surface area contributed by atoms with Gasteiger partial charge in [0.15, 0.2) is 17.2 Å². The van der Waals surface area contributed by atoms with Gasteiger partial charge in [-0.3, -0.25) is 0 Å². The molecule has 2 aromatic rings. The lowest BCUT2D eigenvalue weighted by molar-refractivity contribution is 0.0690. The number of benzene rings is 1. The van der Waals surface area contributed by atoms with E-state index in [4.69, 9.17) is 15.2 Å². The van der Waals surface area contributed by atoms with Gasteiger partial charge in [0.1, 0.15) is 5.52 Å². The Hall–Kier alpha value is -3.03. The number of carboxylic acids is 2. The second-order valence-corrected chi connectivity index (χ2v) is 5.36. The highest BCUT2D eigenvalue weighted by atomic mass is 16.5. The molecule has 0 amide bonds. The van der Waals surface area contributed by atoms with Crippen molar-refractivity contribution in [3.63, 3.8) is 0 Å². The zero-order chi connectivity index (χ0) is 18.9. The van der Waals surface area contributed by atoms with Crippen molar-refractivity contribution < 1.29 is 29.3 Å². The van der Waals surface area contributed by atoms with Crippen LogP contribution in [0.25, 0.3) is 10.9 Å². The summed E-state index contributed by atoms with van der Waals surface area (Å²) in [7, 11) is 0. The number of hydrogen-bond donors (Lipinski definition) is 3. The third kappa shape index (κ3) is 2.90. The molecule has 0 radical (unpaired) electrons. The molecule has 2 rings (SSSR count). The number of carboxylic acid groups (broad SMARTS) is 2. The lowest BCUT2D eigenvalue weighted by atomic mass is 9.96. The van der Waals surface area contributed by atoms with Gasteiger partial charge in [0.05, 0.1) is 18.8 Å². The van der Waals surface area contributed by atoms with E-state index in [2.05, 4.69) is 4.98 Å². The van der Waals surface area contributed by atoms with E-state index in [-0.39, 0.29) is 45.8 Å². The van der Waals surface area contributed by atoms with Gasteiger partial charge in [-0.2, -0.15) is 0 Å². The van der Waals surface area contributed by atoms with Crippen LogP contribution >= 0.6 is 0 Å². The van der Waals surface area contributed by atoms with Crippen LogP contribution in [-0.4, -0.2) is 40.3 Å². The number of hydrogen-bond acceptors (Lipinski definition) is 6. The Morgan fingerprint density at radius 3 is 2.04 bits per heavy atom. The summed E-state index contributed by atoms with van der Waals surface area (Å²) in [6.45, 7) is 7.20. The summed E-state index contributed by atoms with van der Waals surface area (Å²) in [6, 6.07) is 0. The SMILES string of the molecule is CCOc1c(C)c(N)c2c(C(=O)O)c(C)c(C(=O)O)nc2c1OCC. The van der Waals surface area contributed by atoms with E-state index in [0.29, 0.717) is 17.9 Å². The van der Waals surface area contributed by atoms with Gasteiger partial charge in [-0.15, -0.1) is 0 Å². The standard InChI is InChI=1S/C17H20N2O6/c1-5-24-14-8(4)11(18)10-9(16(20)21)7(3)12(17(22)23)19-13(10)15(14)25-6-2/h5-6,18H2,1-4H3,(H,20,21)(H,22,23). The average Bonchev–Trinajstić information content (AvgIpc) is 2.54. The minimum atomic E-state index is -1.33. The normalized spacial score (nSPS) is 10.7. The van der Waals surface area contributed by atoms with Crippen LogP contribution < -0.4 is 15.2 Å². The fourth-order valence-corrected chi connectivity index (χ4v) is 2.76. The minimum Gasteiger partial charge on any atom is -0.490 e. The van der Waals surface area contributed by atoms with E-state index in [1.54, 1.807) is 20.8 Å². The third-order valence-corrected chi connectivity index (χ3v) is 3.87. The van der Waals surface area contributed by atoms with Gasteiger partial charge in [0.2, 0.25) is 0 Å². The largest absolute Gasteiger partial charge is 0.490 e. The van der Waals surface area contributed by atoms with Gasteiger partial charge in [-0.25, -0.2) is 14.6 Å². The summed E-state index contributed by atoms with van der Waals surface area (Å²) in [5.74, 6) is -2.10. The topological polar surface area (TPSA) is 132 Å². The average molecular weight is 348 g/mol. The number of rotatable bonds is 6. The molecule has 25 heavy (non-hydrogen) atoms. The highest BCUT2D eigenvalue weighted by Crippen LogP contribution is 2.44. The predicted octanol–water partition coefficient (Wildman–Crippen LogP) is 2.63. The molecule has 134 valence electrons. The molecule has 8 heteroatoms. The molecule has 1 aromatic heterocycles. The number of carbonyl (C=O) groups is 2. The van der Waals surface area contributed by atoms with Crippen LogP contribution in [0.4, 0.5) is 5.69 Å². The van der Waals surface area contributed by atoms with Crippen molar-refractivity contribution in [2.45, 2.75) is 27.7 Å². The Kier molecular flexibility index (Phi) is 5.01. The quantitative estimate of drug-likeness (QED) is 0.679. The summed E-state index contributed by atoms with van der Waals surface area (Å²) in [5.41, 5.74) is 6.38. The molecule has 0 saturated heterocycles. The van der Waals surface area contributed by atoms with Gasteiger partial charge in [0.25, 0.3) is 0 Å². The monoisotopic (exact) mass is 348 g/mol. The molecule has 0 atom stereocenters. The number of aromatic nitrogens is 1. The second-order valence-electron chi connectivity index (χ2n) is 5.36. The van der Waals surface area contributed by atoms with E-state index < -0.39 is 11.9 Å². The lowest BCUT2D eigenvalue weighted by Crippen LogP contribution is -2.14. The van der Waals surface area contributed by atoms with Crippen molar-refractivity contribution in [1.82, 2.24) is 4.98 Å². The molecular weight excluding hydrogens is 328 g/mol. The zero-order valence-electron chi connectivity index (χ0n) is 14.5. The van der Waals surface area contributed by atoms with Crippen molar-refractivity contribution >= 4 is 28.5 Å². The first kappa shape index (κ1) is 18.3. The smallest absolute Gasteiger partial charge is 0.354 e. The number of nitrogens with two attached hydrogens (primary N) is 1. The maximum Gasteiger partial charge on any atom is 0.354 e. The number of pyridine rings is 1. The first-order valence-corrected chi connectivity index (χ1v) is 7.74. The highest BCUT2D eigenvalue weighted by Gasteiger charge is 2.28. The number of aromatic carboxylic acids is 2. The van der Waals surface area contributed by atoms with Crippen LogP contribution in [0.2, 0.25) is 0 Å². The Bertz CT molecular complexity index is 876. The number of ether oxygens (including phenoxy) is 2. The van der Waals surface area contributed by atoms with Gasteiger partial charge < -0.3 is 25.4 Å². The molecule has 4 N–H and O–H groups in total. The Labute approximate surface area is 144 Å². The van der Waals surface area contributed by atoms with E-state index in [9.17, 15) is 19.8 Å². The Morgan fingerprint density at radius 1 is 1.00 bits per heavy atom. The lowest BCUT2D eigenvalue weighted by Gasteiger charge is -2.20. The Balaban J connectivity index is 3.13. The fourth-order valence-electron chi connectivity index (χ4n) is 2.76. The third-order valence-electron chi connectivity index (χ3n) is 3.87. The molecule has 0 spiro atoms. The van der Waals surface area contributed by atoms with Gasteiger partial charge in [0, 0.05) is 16.6 Å². The molecular formula is C17H20N2O6. The number of nitrogens with zero attached hydrogens (tertiary/aromatic N) is 1. The summed E-state index contributed by atoms with van der Waals surface area (Å²) in [4.78, 5) is 27.5. The van der Waals surface area contributed by atoms with Crippen LogP contribution in [0.15, 0.2) is 0 Å². The van der Waals surface area contributed by atoms with Crippen LogP contribution in [0.1, 0.15) is 45.8 Å². The predicted molar refractivity (Wildman–Crippen MR) is 91.9 cm³/mol. The van der Waals surface area contributed by atoms with Crippen molar-refractivity contribution in [3.8, 4) is 11.5 Å². The molecule has 0 aliphatic rings. The first-order valence-electron chi connectivity index (χ1n) is 7.74. The Morgan fingerprint density at radius 2 is 1.56 bits per heavy atom. The van der Waals surface area contributed by atoms with E-state index in [1.165, 1.54) is 6.92 Å². The van der Waals surface area contributed by atoms with Gasteiger partial charge >= 0.3 is 11.9 Å². The summed E-state index contributed by atoms with van der Waals surface area (Å²) in [5, 5.41) is 19.2. The number of nitrogen functional groups attached to an aromatic ring is 1. The van der Waals surface area contributed by atoms with E-state index in [0.717, 1.165) is 0 Å². The van der Waals surface area contributed by atoms with Crippen molar-refractivity contribution in [2.75, 3.05) is 18.9 Å². The van der Waals surface area contributed by atoms with E-state index in [1.807, 2.05) is 0 Å². The maximum absolute atomic E-state index is 11.8. The molecule has 1 aromatic carbocycles. The number of fused-ring (bicyclic) bond motifs is 1. The minimum absolute atomic E-state index is 0.0326. The first-order chi connectivity index (χ1) is 11.8. The molecule has 0 aliphatic carbocycles. The summed E-state index contributed by atoms with van der Waals surface area (Å²) >= 11 is 0. The van der Waals surface area contributed by atoms with Crippen LogP contribution in [-0.2, 0) is 0 Å². The molecule has 1 heterocycles. The molecule has 0 fully saturated rings. The number of anilines is 1. The second kappa shape index (κ2) is 6.84. The van der Waals surface area contributed by atoms with Crippen molar-refractivity contribution in [1.29, 1.82) is 0 Å². The van der Waals surface area contributed by atoms with Crippen molar-refractivity contribution in [3.05, 3.63) is 22.4 Å². The molecule has 0 aliphatic heterocycles. The van der Waals surface area contributed by atoms with E-state index >= 15 is 0 Å². The van der Waals surface area contributed by atoms with Crippen molar-refractivity contribution in [2.24, 2.45) is 0 Å². The molecule has 0 bridgehead atoms. The van der Waals surface area contributed by atoms with Crippen LogP contribution in [0.5, 0.6) is 11.5 Å². The van der Waals surface area contributed by atoms with Crippen LogP contribution in [0.3, 0.4) is 0 Å². The fraction of sp³-hybridized carbons (Fsp3) is 0.353. The molecule has 8 nitrogen and oxygen atoms in total. The summed E-state index contributed by atoms with van der Waals surface area (Å²) in [6.07, 6.45) is 0. The molecule has 0 saturated carbocycles. The maximum atomic E-state index is 11.8. The highest BCUT2D eigenvalue weighted by molar-refractivity contribution is 6.13.